The van der Waals surface area contributed by atoms with Crippen molar-refractivity contribution in [3.63, 3.8) is 0 Å². The van der Waals surface area contributed by atoms with Gasteiger partial charge in [-0.3, -0.25) is 0 Å². The fourth-order valence-corrected chi connectivity index (χ4v) is 21.9. The first-order valence-corrected chi connectivity index (χ1v) is 37.4. The second kappa shape index (κ2) is 32.1. The molecule has 0 saturated heterocycles. The molecular formula is C78H124Cl2O9. The minimum Gasteiger partial charge on any atom is -0.498 e. The normalized spacial score (nSPS) is 41.9. The van der Waals surface area contributed by atoms with E-state index in [2.05, 4.69) is 60.9 Å². The Morgan fingerprint density at radius 2 is 0.742 bits per heavy atom. The van der Waals surface area contributed by atoms with Crippen LogP contribution in [0.15, 0.2) is 60.4 Å². The first-order chi connectivity index (χ1) is 42.2. The molecule has 2 N–H and O–H groups in total. The van der Waals surface area contributed by atoms with Gasteiger partial charge in [-0.1, -0.05) is 76.8 Å². The zero-order valence-corrected chi connectivity index (χ0v) is 58.8. The van der Waals surface area contributed by atoms with Crippen LogP contribution in [0.25, 0.3) is 0 Å². The van der Waals surface area contributed by atoms with Gasteiger partial charge in [0.1, 0.15) is 11.7 Å². The van der Waals surface area contributed by atoms with E-state index in [1.165, 1.54) is 179 Å². The summed E-state index contributed by atoms with van der Waals surface area (Å²) in [6.45, 7) is 34.8. The van der Waals surface area contributed by atoms with E-state index >= 15 is 0 Å². The van der Waals surface area contributed by atoms with E-state index in [0.717, 1.165) is 107 Å². The predicted octanol–water partition coefficient (Wildman–Crippen LogP) is 19.4. The quantitative estimate of drug-likeness (QED) is 0.0412. The van der Waals surface area contributed by atoms with Crippen molar-refractivity contribution >= 4 is 35.1 Å². The summed E-state index contributed by atoms with van der Waals surface area (Å²) in [5, 5.41) is 17.7. The Morgan fingerprint density at radius 1 is 0.449 bits per heavy atom. The van der Waals surface area contributed by atoms with Crippen LogP contribution in [0.3, 0.4) is 0 Å². The summed E-state index contributed by atoms with van der Waals surface area (Å²) in [5.74, 6) is 18.0. The van der Waals surface area contributed by atoms with Crippen LogP contribution in [0.4, 0.5) is 0 Å². The zero-order valence-electron chi connectivity index (χ0n) is 57.2. The standard InChI is InChI=1S/C18H28O3.C14H23ClO.2C14H22O.C10H16O.C4H7Cl.C4H6O2/c1-10(2)17(19)21-18(11(3)4)20-16-14-6-12-5-13(8-14)9-15(16)7-12;1-8(2)14(15)16-13-11-4-9-3-10(6-11)7-12(13)5-9;2*1-9(2)8-15-14-12-4-10-3-11(6-12)7-13(14)5-10;11-10-8-2-6-1-7(4-8)5-9(10)3-6;1-4(2)3-5;1-3(2)4(5)6/h11-16,18H,1,5-9H2,2-4H3;8-14H,3-7H2,1-2H3;8,10-14H,3-7H2,1-2H3;10-14H,1,3-8H2,2H3;6-11H,1-5H2;1,3H2,2H3;1H2,2H3,(H,5,6). The summed E-state index contributed by atoms with van der Waals surface area (Å²) in [6.07, 6.45) is 39.0. The minimum absolute atomic E-state index is 0.0810. The van der Waals surface area contributed by atoms with Gasteiger partial charge < -0.3 is 33.9 Å². The molecule has 89 heavy (non-hydrogen) atoms. The smallest absolute Gasteiger partial charge is 0.335 e. The number of aliphatic hydroxyl groups excluding tert-OH is 1. The number of aliphatic hydroxyl groups is 1. The SMILES string of the molecule is C=C(C)C(=O)O.C=C(C)C(=O)OC(OC1C2CC3CC(C2)CC1C3)C(C)C.C=C(C)CCl.C=C(C)COC1C2CC3CC(C2)CC1C3.CC(C)=COC1C2CC3CC(C2)CC1C3.CC(C)C(Cl)OC1C2CC3CC(C2)CC1C3.OC1C2CC3CC(C2)CC1C3. The fourth-order valence-electron chi connectivity index (χ4n) is 21.8. The molecule has 0 aromatic rings. The molecule has 20 aliphatic rings. The van der Waals surface area contributed by atoms with Crippen LogP contribution in [-0.4, -0.2) is 77.0 Å². The van der Waals surface area contributed by atoms with Gasteiger partial charge in [0, 0.05) is 22.9 Å². The molecule has 0 aliphatic heterocycles. The van der Waals surface area contributed by atoms with Crippen LogP contribution < -0.4 is 0 Å². The number of carboxylic acids is 1. The van der Waals surface area contributed by atoms with Crippen molar-refractivity contribution < 1.29 is 43.5 Å². The van der Waals surface area contributed by atoms with E-state index in [1.807, 2.05) is 27.0 Å². The molecule has 0 radical (unpaired) electrons. The van der Waals surface area contributed by atoms with Gasteiger partial charge in [-0.25, -0.2) is 9.59 Å². The first kappa shape index (κ1) is 71.2. The Bertz CT molecular complexity index is 2250. The third kappa shape index (κ3) is 19.1. The number of hydrogen-bond acceptors (Lipinski definition) is 8. The van der Waals surface area contributed by atoms with Crippen LogP contribution in [-0.2, 0) is 33.3 Å². The highest BCUT2D eigenvalue weighted by molar-refractivity contribution is 6.19. The number of allylic oxidation sites excluding steroid dienone is 2. The van der Waals surface area contributed by atoms with Crippen LogP contribution in [0.5, 0.6) is 0 Å². The van der Waals surface area contributed by atoms with Gasteiger partial charge in [0.2, 0.25) is 6.29 Å². The molecule has 0 aromatic carbocycles. The first-order valence-electron chi connectivity index (χ1n) is 36.4. The van der Waals surface area contributed by atoms with Gasteiger partial charge in [-0.05, 0) is 332 Å². The molecule has 2 unspecified atom stereocenters. The largest absolute Gasteiger partial charge is 0.498 e. The number of halogens is 2. The monoisotopic (exact) mass is 1270 g/mol. The molecule has 0 amide bonds. The second-order valence-corrected chi connectivity index (χ2v) is 34.6. The van der Waals surface area contributed by atoms with Crippen LogP contribution in [0.2, 0.25) is 0 Å². The lowest BCUT2D eigenvalue weighted by atomic mass is 9.55. The molecule has 20 fully saturated rings. The summed E-state index contributed by atoms with van der Waals surface area (Å²) < 4.78 is 30.1. The topological polar surface area (TPSA) is 121 Å². The molecule has 504 valence electrons. The minimum atomic E-state index is -0.935. The summed E-state index contributed by atoms with van der Waals surface area (Å²) in [5.41, 5.74) is 4.02. The number of ether oxygens (including phenoxy) is 5. The van der Waals surface area contributed by atoms with Crippen molar-refractivity contribution in [3.8, 4) is 0 Å². The van der Waals surface area contributed by atoms with Crippen molar-refractivity contribution in [2.75, 3.05) is 12.5 Å². The van der Waals surface area contributed by atoms with E-state index < -0.39 is 12.3 Å². The summed E-state index contributed by atoms with van der Waals surface area (Å²) >= 11 is 11.5. The number of rotatable bonds is 15. The van der Waals surface area contributed by atoms with Crippen LogP contribution >= 0.6 is 23.2 Å². The predicted molar refractivity (Wildman–Crippen MR) is 362 cm³/mol. The van der Waals surface area contributed by atoms with Crippen molar-refractivity contribution in [2.45, 2.75) is 272 Å². The highest BCUT2D eigenvalue weighted by atomic mass is 35.5. The maximum Gasteiger partial charge on any atom is 0.335 e. The molecule has 0 spiro atoms. The average molecular weight is 1280 g/mol. The van der Waals surface area contributed by atoms with Gasteiger partial charge in [0.25, 0.3) is 0 Å². The van der Waals surface area contributed by atoms with Crippen molar-refractivity contribution in [1.82, 2.24) is 0 Å². The Kier molecular flexibility index (Phi) is 25.6. The van der Waals surface area contributed by atoms with E-state index in [4.69, 9.17) is 52.0 Å². The number of carbonyl (C=O) groups excluding carboxylic acids is 1. The highest BCUT2D eigenvalue weighted by Gasteiger charge is 2.53. The Labute approximate surface area is 550 Å². The van der Waals surface area contributed by atoms with Crippen molar-refractivity contribution in [3.05, 3.63) is 60.4 Å². The Balaban J connectivity index is 0.000000128. The van der Waals surface area contributed by atoms with Gasteiger partial charge in [-0.2, -0.15) is 0 Å². The van der Waals surface area contributed by atoms with Crippen LogP contribution in [0.1, 0.15) is 230 Å². The lowest BCUT2D eigenvalue weighted by Gasteiger charge is -2.54. The molecule has 20 bridgehead atoms. The summed E-state index contributed by atoms with van der Waals surface area (Å²) in [6, 6.07) is 0. The Hall–Kier alpha value is -2.14. The van der Waals surface area contributed by atoms with Crippen LogP contribution in [0, 0.1) is 130 Å². The van der Waals surface area contributed by atoms with E-state index in [1.54, 1.807) is 6.92 Å². The number of esters is 1. The molecule has 0 heterocycles. The van der Waals surface area contributed by atoms with E-state index in [9.17, 15) is 14.7 Å². The molecule has 20 rings (SSSR count). The maximum atomic E-state index is 11.8. The zero-order chi connectivity index (χ0) is 64.1. The Morgan fingerprint density at radius 3 is 1.00 bits per heavy atom. The molecule has 11 heteroatoms. The van der Waals surface area contributed by atoms with Gasteiger partial charge in [0.05, 0.1) is 37.3 Å². The number of alkyl halides is 2. The van der Waals surface area contributed by atoms with Gasteiger partial charge >= 0.3 is 11.9 Å². The second-order valence-electron chi connectivity index (χ2n) is 33.9. The number of aliphatic carboxylic acids is 1. The summed E-state index contributed by atoms with van der Waals surface area (Å²) in [4.78, 5) is 21.4. The highest BCUT2D eigenvalue weighted by Crippen LogP contribution is 2.59. The number of hydrogen-bond donors (Lipinski definition) is 2. The lowest BCUT2D eigenvalue weighted by molar-refractivity contribution is -0.234. The fraction of sp³-hybridized carbons (Fsp3) is 0.846. The van der Waals surface area contributed by atoms with Gasteiger partial charge in [0.15, 0.2) is 0 Å². The molecule has 0 aromatic heterocycles. The summed E-state index contributed by atoms with van der Waals surface area (Å²) in [7, 11) is 0. The molecule has 20 aliphatic carbocycles. The molecule has 20 saturated carbocycles. The molecule has 2 atom stereocenters. The van der Waals surface area contributed by atoms with Gasteiger partial charge in [-0.15, -0.1) is 11.6 Å². The number of carbonyl (C=O) groups is 2. The van der Waals surface area contributed by atoms with E-state index in [0.29, 0.717) is 65.5 Å². The molecule has 9 nitrogen and oxygen atoms in total. The van der Waals surface area contributed by atoms with Crippen molar-refractivity contribution in [2.24, 2.45) is 130 Å². The molecular weight excluding hydrogens is 1150 g/mol. The van der Waals surface area contributed by atoms with Crippen molar-refractivity contribution in [1.29, 1.82) is 0 Å². The lowest BCUT2D eigenvalue weighted by Crippen LogP contribution is -2.51. The maximum absolute atomic E-state index is 11.8. The average Bonchev–Trinajstić information content (AvgIpc) is 1.05. The number of carboxylic acid groups (broad SMARTS) is 1. The third-order valence-corrected chi connectivity index (χ3v) is 25.6. The third-order valence-electron chi connectivity index (χ3n) is 24.5. The van der Waals surface area contributed by atoms with E-state index in [-0.39, 0.29) is 29.1 Å².